The van der Waals surface area contributed by atoms with Gasteiger partial charge in [-0.1, -0.05) is 128 Å². The van der Waals surface area contributed by atoms with Crippen LogP contribution in [0.2, 0.25) is 0 Å². The number of hydrogen-bond donors (Lipinski definition) is 0. The quantitative estimate of drug-likeness (QED) is 0.164. The molecule has 67 heavy (non-hydrogen) atoms. The summed E-state index contributed by atoms with van der Waals surface area (Å²) < 4.78 is 14.3. The van der Waals surface area contributed by atoms with E-state index in [1.54, 1.807) is 0 Å². The molecule has 0 unspecified atom stereocenters. The predicted molar refractivity (Wildman–Crippen MR) is 277 cm³/mol. The fraction of sp³-hybridized carbons (Fsp3) is 0.0484. The fourth-order valence-electron chi connectivity index (χ4n) is 11.1. The number of para-hydroxylation sites is 6. The van der Waals surface area contributed by atoms with Crippen molar-refractivity contribution in [1.29, 1.82) is 0 Å². The number of hydrogen-bond acceptors (Lipinski definition) is 2. The summed E-state index contributed by atoms with van der Waals surface area (Å²) in [4.78, 5) is 5.83. The van der Waals surface area contributed by atoms with Crippen molar-refractivity contribution >= 4 is 87.7 Å². The minimum absolute atomic E-state index is 0.689. The third kappa shape index (κ3) is 5.64. The van der Waals surface area contributed by atoms with Crippen LogP contribution in [0.4, 0.5) is 0 Å². The molecule has 0 bridgehead atoms. The lowest BCUT2D eigenvalue weighted by Crippen LogP contribution is -2.23. The molecular weight excluding hydrogens is 817 g/mol. The third-order valence-corrected chi connectivity index (χ3v) is 14.1. The van der Waals surface area contributed by atoms with Gasteiger partial charge in [-0.2, -0.15) is 0 Å². The number of furan rings is 1. The summed E-state index contributed by atoms with van der Waals surface area (Å²) in [5, 5.41) is 9.17. The van der Waals surface area contributed by atoms with Crippen molar-refractivity contribution in [3.8, 4) is 17.1 Å². The van der Waals surface area contributed by atoms with Gasteiger partial charge >= 0.3 is 0 Å². The van der Waals surface area contributed by atoms with Crippen molar-refractivity contribution in [3.05, 3.63) is 240 Å². The van der Waals surface area contributed by atoms with Crippen molar-refractivity contribution in [1.82, 2.24) is 13.7 Å². The van der Waals surface area contributed by atoms with E-state index in [2.05, 4.69) is 233 Å². The number of benzene rings is 9. The van der Waals surface area contributed by atoms with E-state index < -0.39 is 0 Å². The van der Waals surface area contributed by atoms with Gasteiger partial charge in [-0.25, -0.2) is 4.99 Å². The molecule has 13 aromatic rings. The molecule has 0 aliphatic carbocycles. The highest BCUT2D eigenvalue weighted by atomic mass is 16.3. The van der Waals surface area contributed by atoms with Crippen LogP contribution in [0.1, 0.15) is 30.9 Å². The van der Waals surface area contributed by atoms with E-state index in [1.165, 1.54) is 71.0 Å². The van der Waals surface area contributed by atoms with Crippen LogP contribution < -0.4 is 10.8 Å². The highest BCUT2D eigenvalue weighted by Gasteiger charge is 2.23. The highest BCUT2D eigenvalue weighted by Crippen LogP contribution is 2.40. The monoisotopic (exact) mass is 858 g/mol. The second kappa shape index (κ2) is 14.7. The maximum atomic E-state index is 7.14. The van der Waals surface area contributed by atoms with Gasteiger partial charge in [-0.05, 0) is 109 Å². The van der Waals surface area contributed by atoms with E-state index in [4.69, 9.17) is 9.41 Å². The molecule has 0 atom stereocenters. The molecule has 0 spiro atoms. The minimum atomic E-state index is 0.689. The van der Waals surface area contributed by atoms with Crippen LogP contribution >= 0.6 is 0 Å². The zero-order valence-corrected chi connectivity index (χ0v) is 36.8. The van der Waals surface area contributed by atoms with E-state index in [-0.39, 0.29) is 0 Å². The van der Waals surface area contributed by atoms with E-state index in [9.17, 15) is 0 Å². The lowest BCUT2D eigenvalue weighted by atomic mass is 9.93. The molecule has 0 saturated heterocycles. The second-order valence-corrected chi connectivity index (χ2v) is 17.7. The molecule has 1 aliphatic heterocycles. The van der Waals surface area contributed by atoms with Crippen LogP contribution in [0.15, 0.2) is 227 Å². The van der Waals surface area contributed by atoms with Crippen molar-refractivity contribution in [2.24, 2.45) is 4.99 Å². The average Bonchev–Trinajstić information content (AvgIpc) is 4.10. The molecule has 9 aromatic carbocycles. The van der Waals surface area contributed by atoms with Gasteiger partial charge in [-0.3, -0.25) is 0 Å². The average molecular weight is 859 g/mol. The number of rotatable bonds is 6. The van der Waals surface area contributed by atoms with E-state index in [0.29, 0.717) is 6.42 Å². The van der Waals surface area contributed by atoms with Crippen molar-refractivity contribution in [3.63, 3.8) is 0 Å². The van der Waals surface area contributed by atoms with Crippen LogP contribution in [0.5, 0.6) is 0 Å². The molecule has 0 radical (unpaired) electrons. The zero-order valence-electron chi connectivity index (χ0n) is 36.8. The summed E-state index contributed by atoms with van der Waals surface area (Å²) in [5.41, 5.74) is 17.7. The molecule has 14 rings (SSSR count). The van der Waals surface area contributed by atoms with Crippen LogP contribution in [0.25, 0.3) is 105 Å². The van der Waals surface area contributed by atoms with Crippen molar-refractivity contribution in [2.75, 3.05) is 0 Å². The zero-order chi connectivity index (χ0) is 44.2. The molecule has 5 heterocycles. The lowest BCUT2D eigenvalue weighted by Gasteiger charge is -2.13. The van der Waals surface area contributed by atoms with E-state index in [0.717, 1.165) is 67.6 Å². The van der Waals surface area contributed by atoms with Gasteiger partial charge in [0.05, 0.1) is 38.8 Å². The highest BCUT2D eigenvalue weighted by molar-refractivity contribution is 6.12. The van der Waals surface area contributed by atoms with Crippen LogP contribution in [-0.2, 0) is 0 Å². The number of nitrogens with zero attached hydrogens (tertiary/aromatic N) is 4. The number of allylic oxidation sites excluding steroid dienone is 1. The van der Waals surface area contributed by atoms with E-state index in [1.807, 2.05) is 0 Å². The predicted octanol–water partition coefficient (Wildman–Crippen LogP) is 14.8. The summed E-state index contributed by atoms with van der Waals surface area (Å²) >= 11 is 0. The molecule has 0 N–H and O–H groups in total. The first kappa shape index (κ1) is 37.7. The molecular formula is C62H42N4O. The van der Waals surface area contributed by atoms with Crippen LogP contribution in [-0.4, -0.2) is 13.7 Å². The molecule has 5 heteroatoms. The molecule has 4 aromatic heterocycles. The topological polar surface area (TPSA) is 40.3 Å². The molecule has 1 aliphatic rings. The minimum Gasteiger partial charge on any atom is -0.454 e. The van der Waals surface area contributed by atoms with Gasteiger partial charge in [0.2, 0.25) is 0 Å². The Morgan fingerprint density at radius 2 is 0.851 bits per heavy atom. The molecule has 316 valence electrons. The van der Waals surface area contributed by atoms with Gasteiger partial charge in [0, 0.05) is 72.3 Å². The normalized spacial score (nSPS) is 13.2. The largest absolute Gasteiger partial charge is 0.454 e. The molecule has 0 saturated carbocycles. The Morgan fingerprint density at radius 3 is 1.39 bits per heavy atom. The standard InChI is InChI=1S/C62H42N4O/c1-2-39-35-49(40-29-32-57-50(36-40)47-23-11-15-27-55(47)64(57)42-17-5-3-6-18-42)62-61(52-38-44(31-34-59(52)67-62)66-53-25-13-9-21-45(53)46-22-10-14-26-54(46)66)63-60(39)41-30-33-58-51(37-41)48-24-12-16-28-56(48)65(58)43-19-7-4-8-20-43/h3-34,36-38H,2,35H2,1H3. The van der Waals surface area contributed by atoms with Crippen molar-refractivity contribution < 1.29 is 4.42 Å². The Kier molecular flexibility index (Phi) is 8.25. The molecule has 0 fully saturated rings. The summed E-state index contributed by atoms with van der Waals surface area (Å²) in [6.07, 6.45) is 1.52. The summed E-state index contributed by atoms with van der Waals surface area (Å²) in [6.45, 7) is 2.27. The van der Waals surface area contributed by atoms with Gasteiger partial charge in [0.15, 0.2) is 5.42 Å². The number of aromatic nitrogens is 3. The summed E-state index contributed by atoms with van der Waals surface area (Å²) in [6, 6.07) is 76.7. The Balaban J connectivity index is 1.04. The smallest absolute Gasteiger partial charge is 0.157 e. The Bertz CT molecular complexity index is 4280. The van der Waals surface area contributed by atoms with Crippen LogP contribution in [0, 0.1) is 0 Å². The third-order valence-electron chi connectivity index (χ3n) is 14.1. The molecule has 5 nitrogen and oxygen atoms in total. The fourth-order valence-corrected chi connectivity index (χ4v) is 11.1. The Morgan fingerprint density at radius 1 is 0.403 bits per heavy atom. The first-order valence-electron chi connectivity index (χ1n) is 23.2. The first-order valence-corrected chi connectivity index (χ1v) is 23.2. The van der Waals surface area contributed by atoms with Gasteiger partial charge < -0.3 is 18.1 Å². The Labute approximate surface area is 385 Å². The SMILES string of the molecule is CCC1=C(c2ccc3c(c2)c2ccccc2n3-c2ccccc2)N=c2c(oc3ccc(-n4c5ccccc5c5ccccc54)cc23)=C(c2ccc3c(c2)c2ccccc2n3-c2ccccc2)C1. The van der Waals surface area contributed by atoms with Gasteiger partial charge in [-0.15, -0.1) is 0 Å². The molecule has 0 amide bonds. The summed E-state index contributed by atoms with van der Waals surface area (Å²) in [7, 11) is 0. The van der Waals surface area contributed by atoms with E-state index >= 15 is 0 Å². The van der Waals surface area contributed by atoms with Gasteiger partial charge in [0.25, 0.3) is 0 Å². The Hall–Kier alpha value is -8.67. The summed E-state index contributed by atoms with van der Waals surface area (Å²) in [5.74, 6) is 0. The number of fused-ring (bicyclic) bond motifs is 12. The maximum absolute atomic E-state index is 7.14. The van der Waals surface area contributed by atoms with Gasteiger partial charge in [0.1, 0.15) is 10.9 Å². The van der Waals surface area contributed by atoms with Crippen LogP contribution in [0.3, 0.4) is 0 Å². The maximum Gasteiger partial charge on any atom is 0.157 e. The second-order valence-electron chi connectivity index (χ2n) is 17.7. The van der Waals surface area contributed by atoms with Crippen molar-refractivity contribution in [2.45, 2.75) is 19.8 Å². The lowest BCUT2D eigenvalue weighted by molar-refractivity contribution is 0.569. The first-order chi connectivity index (χ1) is 33.2.